The largest absolute Gasteiger partial charge is 0.497 e. The first-order chi connectivity index (χ1) is 10.9. The van der Waals surface area contributed by atoms with Crippen molar-refractivity contribution >= 4 is 11.0 Å². The molecule has 0 aliphatic carbocycles. The molecular formula is C17H18N4O. The van der Waals surface area contributed by atoms with Crippen molar-refractivity contribution in [2.75, 3.05) is 20.2 Å². The van der Waals surface area contributed by atoms with Crippen LogP contribution in [0.2, 0.25) is 0 Å². The van der Waals surface area contributed by atoms with Crippen molar-refractivity contribution in [3.8, 4) is 16.9 Å². The zero-order valence-electron chi connectivity index (χ0n) is 12.5. The predicted molar refractivity (Wildman–Crippen MR) is 86.0 cm³/mol. The van der Waals surface area contributed by atoms with Crippen LogP contribution in [0, 0.1) is 0 Å². The quantitative estimate of drug-likeness (QED) is 0.807. The number of hydrogen-bond donors (Lipinski definition) is 1. The van der Waals surface area contributed by atoms with E-state index in [0.717, 1.165) is 41.9 Å². The third-order valence-corrected chi connectivity index (χ3v) is 4.32. The number of methoxy groups -OCH3 is 1. The molecule has 1 atom stereocenters. The molecule has 3 aromatic rings. The Bertz CT molecular complexity index is 788. The molecule has 1 aliphatic heterocycles. The minimum absolute atomic E-state index is 0.462. The highest BCUT2D eigenvalue weighted by atomic mass is 16.5. The van der Waals surface area contributed by atoms with Gasteiger partial charge in [0.05, 0.1) is 7.11 Å². The number of hydrogen-bond acceptors (Lipinski definition) is 4. The van der Waals surface area contributed by atoms with E-state index in [0.29, 0.717) is 6.04 Å². The fourth-order valence-corrected chi connectivity index (χ4v) is 3.14. The van der Waals surface area contributed by atoms with E-state index in [1.807, 2.05) is 18.3 Å². The zero-order valence-corrected chi connectivity index (χ0v) is 12.5. The summed E-state index contributed by atoms with van der Waals surface area (Å²) in [5.74, 6) is 0.865. The molecule has 0 bridgehead atoms. The number of ether oxygens (including phenoxy) is 1. The lowest BCUT2D eigenvalue weighted by atomic mass is 10.1. The third-order valence-electron chi connectivity index (χ3n) is 4.32. The van der Waals surface area contributed by atoms with Crippen molar-refractivity contribution in [1.29, 1.82) is 0 Å². The van der Waals surface area contributed by atoms with Crippen LogP contribution in [0.25, 0.3) is 22.2 Å². The van der Waals surface area contributed by atoms with Gasteiger partial charge < -0.3 is 14.6 Å². The van der Waals surface area contributed by atoms with Gasteiger partial charge in [0, 0.05) is 35.9 Å². The summed E-state index contributed by atoms with van der Waals surface area (Å²) in [6.07, 6.45) is 6.87. The molecule has 3 heterocycles. The first-order valence-electron chi connectivity index (χ1n) is 7.52. The van der Waals surface area contributed by atoms with Gasteiger partial charge in [0.1, 0.15) is 17.7 Å². The van der Waals surface area contributed by atoms with E-state index in [4.69, 9.17) is 4.74 Å². The van der Waals surface area contributed by atoms with E-state index in [2.05, 4.69) is 38.2 Å². The number of rotatable bonds is 3. The number of aromatic nitrogens is 3. The molecule has 5 heteroatoms. The van der Waals surface area contributed by atoms with Crippen LogP contribution in [0.1, 0.15) is 12.5 Å². The topological polar surface area (TPSA) is 52.0 Å². The Labute approximate surface area is 129 Å². The number of fused-ring (bicyclic) bond motifs is 1. The summed E-state index contributed by atoms with van der Waals surface area (Å²) in [6, 6.07) is 8.60. The lowest BCUT2D eigenvalue weighted by molar-refractivity contribution is 0.415. The maximum atomic E-state index is 5.24. The standard InChI is InChI=1S/C17H18N4O/c1-22-14-4-2-12(3-5-14)16-10-21(13-6-7-18-8-13)17-15(16)9-19-11-20-17/h2-5,9-11,13,18H,6-8H2,1H3. The Morgan fingerprint density at radius 1 is 1.27 bits per heavy atom. The number of nitrogens with one attached hydrogen (secondary N) is 1. The van der Waals surface area contributed by atoms with Crippen molar-refractivity contribution in [2.45, 2.75) is 12.5 Å². The first-order valence-corrected chi connectivity index (χ1v) is 7.52. The predicted octanol–water partition coefficient (Wildman–Crippen LogP) is 2.64. The van der Waals surface area contributed by atoms with Gasteiger partial charge >= 0.3 is 0 Å². The highest BCUT2D eigenvalue weighted by Crippen LogP contribution is 2.33. The molecule has 0 spiro atoms. The van der Waals surface area contributed by atoms with Crippen LogP contribution in [0.5, 0.6) is 5.75 Å². The summed E-state index contributed by atoms with van der Waals surface area (Å²) >= 11 is 0. The molecule has 0 saturated carbocycles. The third kappa shape index (κ3) is 2.14. The van der Waals surface area contributed by atoms with Gasteiger partial charge in [0.15, 0.2) is 0 Å². The molecule has 1 aliphatic rings. The molecule has 22 heavy (non-hydrogen) atoms. The second kappa shape index (κ2) is 5.42. The van der Waals surface area contributed by atoms with Crippen molar-refractivity contribution in [3.05, 3.63) is 43.0 Å². The molecule has 1 N–H and O–H groups in total. The Hall–Kier alpha value is -2.40. The van der Waals surface area contributed by atoms with E-state index in [1.165, 1.54) is 5.56 Å². The van der Waals surface area contributed by atoms with Crippen molar-refractivity contribution in [3.63, 3.8) is 0 Å². The van der Waals surface area contributed by atoms with Gasteiger partial charge in [0.2, 0.25) is 0 Å². The average Bonchev–Trinajstić information content (AvgIpc) is 3.22. The van der Waals surface area contributed by atoms with E-state index in [9.17, 15) is 0 Å². The summed E-state index contributed by atoms with van der Waals surface area (Å²) in [4.78, 5) is 8.71. The molecule has 0 radical (unpaired) electrons. The van der Waals surface area contributed by atoms with Gasteiger partial charge in [-0.2, -0.15) is 0 Å². The highest BCUT2D eigenvalue weighted by molar-refractivity contribution is 5.93. The molecule has 1 fully saturated rings. The highest BCUT2D eigenvalue weighted by Gasteiger charge is 2.21. The van der Waals surface area contributed by atoms with Crippen LogP contribution in [0.4, 0.5) is 0 Å². The van der Waals surface area contributed by atoms with Crippen molar-refractivity contribution in [1.82, 2.24) is 19.9 Å². The SMILES string of the molecule is COc1ccc(-c2cn(C3CCNC3)c3ncncc23)cc1. The Morgan fingerprint density at radius 2 is 2.14 bits per heavy atom. The van der Waals surface area contributed by atoms with Crippen LogP contribution >= 0.6 is 0 Å². The van der Waals surface area contributed by atoms with Gasteiger partial charge in [0.25, 0.3) is 0 Å². The maximum Gasteiger partial charge on any atom is 0.144 e. The zero-order chi connectivity index (χ0) is 14.9. The summed E-state index contributed by atoms with van der Waals surface area (Å²) in [7, 11) is 1.68. The van der Waals surface area contributed by atoms with Crippen LogP contribution in [0.15, 0.2) is 43.0 Å². The lowest BCUT2D eigenvalue weighted by Crippen LogP contribution is -2.12. The summed E-state index contributed by atoms with van der Waals surface area (Å²) in [5.41, 5.74) is 3.34. The van der Waals surface area contributed by atoms with Gasteiger partial charge in [-0.3, -0.25) is 0 Å². The van der Waals surface area contributed by atoms with Crippen LogP contribution in [0.3, 0.4) is 0 Å². The van der Waals surface area contributed by atoms with Gasteiger partial charge in [-0.05, 0) is 30.7 Å². The van der Waals surface area contributed by atoms with Gasteiger partial charge in [-0.25, -0.2) is 9.97 Å². The monoisotopic (exact) mass is 294 g/mol. The van der Waals surface area contributed by atoms with E-state index in [-0.39, 0.29) is 0 Å². The fourth-order valence-electron chi connectivity index (χ4n) is 3.14. The lowest BCUT2D eigenvalue weighted by Gasteiger charge is -2.11. The van der Waals surface area contributed by atoms with Crippen LogP contribution in [-0.2, 0) is 0 Å². The molecule has 0 amide bonds. The van der Waals surface area contributed by atoms with Crippen molar-refractivity contribution < 1.29 is 4.74 Å². The van der Waals surface area contributed by atoms with E-state index >= 15 is 0 Å². The summed E-state index contributed by atoms with van der Waals surface area (Å²) < 4.78 is 7.53. The average molecular weight is 294 g/mol. The molecule has 1 aromatic carbocycles. The summed E-state index contributed by atoms with van der Waals surface area (Å²) in [6.45, 7) is 2.06. The number of nitrogens with zero attached hydrogens (tertiary/aromatic N) is 3. The molecule has 112 valence electrons. The molecule has 1 unspecified atom stereocenters. The first kappa shape index (κ1) is 13.3. The van der Waals surface area contributed by atoms with Gasteiger partial charge in [-0.15, -0.1) is 0 Å². The molecule has 1 saturated heterocycles. The molecular weight excluding hydrogens is 276 g/mol. The second-order valence-electron chi connectivity index (χ2n) is 5.59. The Kier molecular flexibility index (Phi) is 3.27. The molecule has 2 aromatic heterocycles. The molecule has 5 nitrogen and oxygen atoms in total. The number of benzene rings is 1. The normalized spacial score (nSPS) is 18.0. The van der Waals surface area contributed by atoms with Crippen molar-refractivity contribution in [2.24, 2.45) is 0 Å². The van der Waals surface area contributed by atoms with E-state index < -0.39 is 0 Å². The fraction of sp³-hybridized carbons (Fsp3) is 0.294. The Morgan fingerprint density at radius 3 is 2.86 bits per heavy atom. The Balaban J connectivity index is 1.86. The van der Waals surface area contributed by atoms with E-state index in [1.54, 1.807) is 13.4 Å². The smallest absolute Gasteiger partial charge is 0.144 e. The van der Waals surface area contributed by atoms with Crippen LogP contribution < -0.4 is 10.1 Å². The minimum atomic E-state index is 0.462. The summed E-state index contributed by atoms with van der Waals surface area (Å²) in [5, 5.41) is 4.52. The van der Waals surface area contributed by atoms with Gasteiger partial charge in [-0.1, -0.05) is 12.1 Å². The maximum absolute atomic E-state index is 5.24. The minimum Gasteiger partial charge on any atom is -0.497 e. The van der Waals surface area contributed by atoms with Crippen LogP contribution in [-0.4, -0.2) is 34.7 Å². The second-order valence-corrected chi connectivity index (χ2v) is 5.59. The molecule has 4 rings (SSSR count).